The topological polar surface area (TPSA) is 19.7 Å². The van der Waals surface area contributed by atoms with Crippen molar-refractivity contribution in [3.63, 3.8) is 0 Å². The Morgan fingerprint density at radius 2 is 0.500 bits per heavy atom. The summed E-state index contributed by atoms with van der Waals surface area (Å²) in [6.07, 6.45) is 0. The first-order valence-electron chi connectivity index (χ1n) is 26.2. The van der Waals surface area contributed by atoms with Crippen LogP contribution in [0.25, 0.3) is 143 Å². The number of aromatic nitrogens is 4. The summed E-state index contributed by atoms with van der Waals surface area (Å²) in [5.74, 6) is 0. The number of fused-ring (bicyclic) bond motifs is 12. The molecule has 0 unspecified atom stereocenters. The Morgan fingerprint density at radius 1 is 0.171 bits per heavy atom. The van der Waals surface area contributed by atoms with Crippen LogP contribution in [-0.2, 0) is 0 Å². The molecule has 0 aliphatic heterocycles. The van der Waals surface area contributed by atoms with E-state index in [0.29, 0.717) is 0 Å². The minimum Gasteiger partial charge on any atom is -0.309 e. The van der Waals surface area contributed by atoms with E-state index in [0.717, 1.165) is 55.8 Å². The highest BCUT2D eigenvalue weighted by Gasteiger charge is 2.25. The molecule has 0 spiro atoms. The minimum atomic E-state index is 1.09. The second kappa shape index (κ2) is 16.7. The Kier molecular flexibility index (Phi) is 9.30. The predicted molar refractivity (Wildman–Crippen MR) is 320 cm³/mol. The molecule has 0 fully saturated rings. The van der Waals surface area contributed by atoms with Gasteiger partial charge in [0.05, 0.1) is 49.8 Å². The summed E-state index contributed by atoms with van der Waals surface area (Å²) >= 11 is 0. The molecule has 0 bridgehead atoms. The van der Waals surface area contributed by atoms with Crippen LogP contribution in [-0.4, -0.2) is 18.3 Å². The van der Waals surface area contributed by atoms with Crippen LogP contribution in [0.3, 0.4) is 0 Å². The van der Waals surface area contributed by atoms with Gasteiger partial charge in [0.25, 0.3) is 0 Å². The van der Waals surface area contributed by atoms with E-state index in [1.165, 1.54) is 87.5 Å². The van der Waals surface area contributed by atoms with Crippen molar-refractivity contribution in [2.45, 2.75) is 0 Å². The van der Waals surface area contributed by atoms with E-state index < -0.39 is 0 Å². The van der Waals surface area contributed by atoms with Gasteiger partial charge < -0.3 is 18.3 Å². The third-order valence-corrected chi connectivity index (χ3v) is 15.9. The molecule has 0 aliphatic rings. The molecule has 4 heteroatoms. The van der Waals surface area contributed by atoms with Crippen molar-refractivity contribution >= 4 is 87.2 Å². The molecule has 0 aliphatic carbocycles. The molecule has 16 rings (SSSR count). The molecule has 0 saturated carbocycles. The Bertz CT molecular complexity index is 4850. The van der Waals surface area contributed by atoms with Crippen LogP contribution in [0, 0.1) is 0 Å². The van der Waals surface area contributed by atoms with Gasteiger partial charge in [0.1, 0.15) is 0 Å². The fraction of sp³-hybridized carbons (Fsp3) is 0. The minimum absolute atomic E-state index is 1.09. The number of nitrogens with zero attached hydrogens (tertiary/aromatic N) is 4. The number of para-hydroxylation sites is 4. The highest BCUT2D eigenvalue weighted by molar-refractivity contribution is 6.18. The Morgan fingerprint density at radius 3 is 1.01 bits per heavy atom. The standard InChI is InChI=1S/C72H46N4/c1-4-18-47(19-5-1)50-32-36-53(37-33-50)73-68-39-34-51(48-20-6-2-7-21-48)42-60(68)62-44-54(38-41-69(62)73)75-70-40-35-52(49-22-8-3-9-23-49)43-61(70)63-45-55(74-64-28-14-10-24-56(64)57-25-11-15-29-65(57)74)46-71(72(63)75)76-66-30-16-12-26-58(66)59-27-13-17-31-67(59)76/h1-46H. The van der Waals surface area contributed by atoms with Crippen molar-refractivity contribution in [1.29, 1.82) is 0 Å². The van der Waals surface area contributed by atoms with E-state index >= 15 is 0 Å². The SMILES string of the molecule is c1ccc(-c2ccc(-n3c4ccc(-c5ccccc5)cc4c4cc(-n5c6ccc(-c7ccccc7)cc6c6cc(-n7c8ccccc8c8ccccc87)cc(-n7c8ccccc8c8ccccc87)c65)ccc43)cc2)cc1. The lowest BCUT2D eigenvalue weighted by molar-refractivity contribution is 1.11. The predicted octanol–water partition coefficient (Wildman–Crippen LogP) is 19.1. The maximum Gasteiger partial charge on any atom is 0.0784 e. The first kappa shape index (κ1) is 42.4. The summed E-state index contributed by atoms with van der Waals surface area (Å²) < 4.78 is 9.99. The summed E-state index contributed by atoms with van der Waals surface area (Å²) in [6, 6.07) is 103. The van der Waals surface area contributed by atoms with Gasteiger partial charge >= 0.3 is 0 Å². The third kappa shape index (κ3) is 6.38. The molecule has 0 saturated heterocycles. The van der Waals surface area contributed by atoms with Gasteiger partial charge in [-0.1, -0.05) is 188 Å². The van der Waals surface area contributed by atoms with E-state index in [9.17, 15) is 0 Å². The van der Waals surface area contributed by atoms with Crippen LogP contribution < -0.4 is 0 Å². The molecule has 354 valence electrons. The molecule has 76 heavy (non-hydrogen) atoms. The Balaban J connectivity index is 1.04. The monoisotopic (exact) mass is 966 g/mol. The van der Waals surface area contributed by atoms with E-state index in [1.807, 2.05) is 0 Å². The second-order valence-electron chi connectivity index (χ2n) is 20.1. The highest BCUT2D eigenvalue weighted by Crippen LogP contribution is 2.45. The van der Waals surface area contributed by atoms with Crippen LogP contribution in [0.2, 0.25) is 0 Å². The molecule has 0 amide bonds. The Labute approximate surface area is 438 Å². The molecule has 16 aromatic rings. The van der Waals surface area contributed by atoms with Gasteiger partial charge in [-0.15, -0.1) is 0 Å². The molecule has 12 aromatic carbocycles. The molecule has 0 atom stereocenters. The number of rotatable bonds is 7. The maximum atomic E-state index is 2.55. The zero-order valence-corrected chi connectivity index (χ0v) is 41.3. The van der Waals surface area contributed by atoms with E-state index in [4.69, 9.17) is 0 Å². The van der Waals surface area contributed by atoms with Crippen molar-refractivity contribution in [3.05, 3.63) is 279 Å². The average molecular weight is 967 g/mol. The highest BCUT2D eigenvalue weighted by atomic mass is 15.1. The summed E-state index contributed by atoms with van der Waals surface area (Å²) in [4.78, 5) is 0. The van der Waals surface area contributed by atoms with Gasteiger partial charge in [-0.05, 0) is 124 Å². The van der Waals surface area contributed by atoms with Crippen molar-refractivity contribution in [3.8, 4) is 56.1 Å². The second-order valence-corrected chi connectivity index (χ2v) is 20.1. The van der Waals surface area contributed by atoms with Gasteiger partial charge in [-0.3, -0.25) is 0 Å². The number of hydrogen-bond donors (Lipinski definition) is 0. The largest absolute Gasteiger partial charge is 0.309 e. The normalized spacial score (nSPS) is 11.9. The Hall–Kier alpha value is -10.2. The average Bonchev–Trinajstić information content (AvgIpc) is 4.41. The van der Waals surface area contributed by atoms with Crippen LogP contribution in [0.5, 0.6) is 0 Å². The summed E-state index contributed by atoms with van der Waals surface area (Å²) in [5.41, 5.74) is 20.9. The molecular formula is C72H46N4. The molecule has 4 heterocycles. The van der Waals surface area contributed by atoms with E-state index in [1.54, 1.807) is 0 Å². The van der Waals surface area contributed by atoms with E-state index in [-0.39, 0.29) is 0 Å². The lowest BCUT2D eigenvalue weighted by Gasteiger charge is -2.17. The van der Waals surface area contributed by atoms with Gasteiger partial charge in [0, 0.05) is 60.2 Å². The molecular weight excluding hydrogens is 921 g/mol. The van der Waals surface area contributed by atoms with Crippen molar-refractivity contribution < 1.29 is 0 Å². The van der Waals surface area contributed by atoms with Crippen LogP contribution in [0.15, 0.2) is 279 Å². The first-order chi connectivity index (χ1) is 37.7. The van der Waals surface area contributed by atoms with Crippen LogP contribution >= 0.6 is 0 Å². The van der Waals surface area contributed by atoms with Gasteiger partial charge in [0.15, 0.2) is 0 Å². The quantitative estimate of drug-likeness (QED) is 0.152. The lowest BCUT2D eigenvalue weighted by Crippen LogP contribution is -2.03. The fourth-order valence-corrected chi connectivity index (χ4v) is 12.5. The van der Waals surface area contributed by atoms with Crippen molar-refractivity contribution in [2.75, 3.05) is 0 Å². The van der Waals surface area contributed by atoms with Crippen molar-refractivity contribution in [1.82, 2.24) is 18.3 Å². The summed E-state index contributed by atoms with van der Waals surface area (Å²) in [5, 5.41) is 9.68. The lowest BCUT2D eigenvalue weighted by atomic mass is 10.0. The zero-order chi connectivity index (χ0) is 49.8. The molecule has 4 nitrogen and oxygen atoms in total. The number of hydrogen-bond acceptors (Lipinski definition) is 0. The van der Waals surface area contributed by atoms with Gasteiger partial charge in [-0.25, -0.2) is 0 Å². The first-order valence-corrected chi connectivity index (χ1v) is 26.2. The maximum absolute atomic E-state index is 2.55. The summed E-state index contributed by atoms with van der Waals surface area (Å²) in [6.45, 7) is 0. The zero-order valence-electron chi connectivity index (χ0n) is 41.3. The smallest absolute Gasteiger partial charge is 0.0784 e. The summed E-state index contributed by atoms with van der Waals surface area (Å²) in [7, 11) is 0. The van der Waals surface area contributed by atoms with Gasteiger partial charge in [-0.2, -0.15) is 0 Å². The molecule has 0 radical (unpaired) electrons. The van der Waals surface area contributed by atoms with Crippen LogP contribution in [0.1, 0.15) is 0 Å². The molecule has 0 N–H and O–H groups in total. The van der Waals surface area contributed by atoms with Crippen molar-refractivity contribution in [2.24, 2.45) is 0 Å². The van der Waals surface area contributed by atoms with Crippen LogP contribution in [0.4, 0.5) is 0 Å². The van der Waals surface area contributed by atoms with E-state index in [2.05, 4.69) is 297 Å². The van der Waals surface area contributed by atoms with Gasteiger partial charge in [0.2, 0.25) is 0 Å². The number of benzene rings is 12. The fourth-order valence-electron chi connectivity index (χ4n) is 12.5. The molecule has 4 aromatic heterocycles. The third-order valence-electron chi connectivity index (χ3n) is 15.9.